The third-order valence-electron chi connectivity index (χ3n) is 4.74. The molecule has 2 unspecified atom stereocenters. The standard InChI is InChI=1S/C16H22ClNO2/c1-19-14-5-4-13(17)8-12(14)9-16(10-18)6-7-20-15(16)11-2-3-11/h4-5,8,11,15H,2-3,6-7,9-10,18H2,1H3. The summed E-state index contributed by atoms with van der Waals surface area (Å²) in [4.78, 5) is 0. The number of ether oxygens (including phenoxy) is 2. The minimum absolute atomic E-state index is 0.0408. The predicted octanol–water partition coefficient (Wildman–Crippen LogP) is 3.04. The summed E-state index contributed by atoms with van der Waals surface area (Å²) in [6.07, 6.45) is 4.77. The number of hydrogen-bond acceptors (Lipinski definition) is 3. The van der Waals surface area contributed by atoms with Crippen LogP contribution in [0.3, 0.4) is 0 Å². The summed E-state index contributed by atoms with van der Waals surface area (Å²) in [6.45, 7) is 1.48. The van der Waals surface area contributed by atoms with E-state index in [0.717, 1.165) is 35.8 Å². The Balaban J connectivity index is 1.89. The van der Waals surface area contributed by atoms with E-state index in [1.807, 2.05) is 18.2 Å². The highest BCUT2D eigenvalue weighted by Gasteiger charge is 2.50. The van der Waals surface area contributed by atoms with Crippen molar-refractivity contribution in [3.05, 3.63) is 28.8 Å². The normalized spacial score (nSPS) is 29.6. The van der Waals surface area contributed by atoms with Crippen molar-refractivity contribution in [2.24, 2.45) is 17.1 Å². The molecule has 2 aliphatic rings. The summed E-state index contributed by atoms with van der Waals surface area (Å²) in [5, 5.41) is 0.745. The second-order valence-electron chi connectivity index (χ2n) is 6.08. The first kappa shape index (κ1) is 14.2. The van der Waals surface area contributed by atoms with E-state index in [9.17, 15) is 0 Å². The van der Waals surface area contributed by atoms with Gasteiger partial charge in [-0.2, -0.15) is 0 Å². The summed E-state index contributed by atoms with van der Waals surface area (Å²) in [5.41, 5.74) is 7.33. The minimum Gasteiger partial charge on any atom is -0.496 e. The van der Waals surface area contributed by atoms with Crippen LogP contribution in [-0.2, 0) is 11.2 Å². The summed E-state index contributed by atoms with van der Waals surface area (Å²) < 4.78 is 11.5. The average Bonchev–Trinajstić information content (AvgIpc) is 3.21. The van der Waals surface area contributed by atoms with Crippen molar-refractivity contribution in [3.8, 4) is 5.75 Å². The van der Waals surface area contributed by atoms with Crippen LogP contribution in [0.2, 0.25) is 5.02 Å². The van der Waals surface area contributed by atoms with Crippen LogP contribution in [0.25, 0.3) is 0 Å². The lowest BCUT2D eigenvalue weighted by Gasteiger charge is -2.33. The van der Waals surface area contributed by atoms with Crippen molar-refractivity contribution in [1.29, 1.82) is 0 Å². The fraction of sp³-hybridized carbons (Fsp3) is 0.625. The zero-order valence-corrected chi connectivity index (χ0v) is 12.7. The maximum absolute atomic E-state index is 6.15. The predicted molar refractivity (Wildman–Crippen MR) is 80.3 cm³/mol. The lowest BCUT2D eigenvalue weighted by molar-refractivity contribution is 0.0343. The maximum atomic E-state index is 6.15. The molecule has 2 N–H and O–H groups in total. The number of methoxy groups -OCH3 is 1. The van der Waals surface area contributed by atoms with Crippen molar-refractivity contribution in [3.63, 3.8) is 0 Å². The SMILES string of the molecule is COc1ccc(Cl)cc1CC1(CN)CCOC1C1CC1. The van der Waals surface area contributed by atoms with E-state index in [1.165, 1.54) is 12.8 Å². The summed E-state index contributed by atoms with van der Waals surface area (Å²) in [7, 11) is 1.70. The second kappa shape index (κ2) is 5.55. The Morgan fingerprint density at radius 1 is 1.45 bits per heavy atom. The Morgan fingerprint density at radius 3 is 2.90 bits per heavy atom. The smallest absolute Gasteiger partial charge is 0.122 e. The molecule has 3 rings (SSSR count). The molecule has 2 atom stereocenters. The highest BCUT2D eigenvalue weighted by Crippen LogP contribution is 2.49. The molecule has 0 amide bonds. The van der Waals surface area contributed by atoms with Crippen molar-refractivity contribution < 1.29 is 9.47 Å². The molecule has 1 aliphatic heterocycles. The first-order valence-corrected chi connectivity index (χ1v) is 7.70. The van der Waals surface area contributed by atoms with Crippen molar-refractivity contribution in [1.82, 2.24) is 0 Å². The van der Waals surface area contributed by atoms with Crippen LogP contribution in [0.4, 0.5) is 0 Å². The second-order valence-corrected chi connectivity index (χ2v) is 6.51. The number of rotatable bonds is 5. The third-order valence-corrected chi connectivity index (χ3v) is 4.98. The number of halogens is 1. The number of benzene rings is 1. The fourth-order valence-electron chi connectivity index (χ4n) is 3.49. The van der Waals surface area contributed by atoms with Gasteiger partial charge in [0.2, 0.25) is 0 Å². The summed E-state index contributed by atoms with van der Waals surface area (Å²) in [5.74, 6) is 1.59. The van der Waals surface area contributed by atoms with E-state index in [0.29, 0.717) is 18.6 Å². The van der Waals surface area contributed by atoms with Gasteiger partial charge in [-0.05, 0) is 55.4 Å². The number of nitrogens with two attached hydrogens (primary N) is 1. The third kappa shape index (κ3) is 2.54. The fourth-order valence-corrected chi connectivity index (χ4v) is 3.68. The maximum Gasteiger partial charge on any atom is 0.122 e. The quantitative estimate of drug-likeness (QED) is 0.908. The topological polar surface area (TPSA) is 44.5 Å². The van der Waals surface area contributed by atoms with Crippen LogP contribution in [0.15, 0.2) is 18.2 Å². The molecule has 20 heavy (non-hydrogen) atoms. The molecule has 2 fully saturated rings. The van der Waals surface area contributed by atoms with Gasteiger partial charge in [-0.3, -0.25) is 0 Å². The van der Waals surface area contributed by atoms with E-state index in [4.69, 9.17) is 26.8 Å². The molecule has 110 valence electrons. The molecule has 1 aromatic rings. The van der Waals surface area contributed by atoms with Crippen LogP contribution in [0, 0.1) is 11.3 Å². The Labute approximate surface area is 125 Å². The molecule has 0 spiro atoms. The average molecular weight is 296 g/mol. The van der Waals surface area contributed by atoms with Crippen LogP contribution in [0.1, 0.15) is 24.8 Å². The van der Waals surface area contributed by atoms with Gasteiger partial charge in [0.25, 0.3) is 0 Å². The van der Waals surface area contributed by atoms with Crippen molar-refractivity contribution >= 4 is 11.6 Å². The molecule has 1 heterocycles. The lowest BCUT2D eigenvalue weighted by Crippen LogP contribution is -2.41. The van der Waals surface area contributed by atoms with Gasteiger partial charge < -0.3 is 15.2 Å². The van der Waals surface area contributed by atoms with E-state index in [-0.39, 0.29) is 5.41 Å². The van der Waals surface area contributed by atoms with Gasteiger partial charge >= 0.3 is 0 Å². The Morgan fingerprint density at radius 2 is 2.25 bits per heavy atom. The lowest BCUT2D eigenvalue weighted by atomic mass is 9.74. The summed E-state index contributed by atoms with van der Waals surface area (Å²) in [6, 6.07) is 5.80. The molecular weight excluding hydrogens is 274 g/mol. The first-order chi connectivity index (χ1) is 9.68. The zero-order chi connectivity index (χ0) is 14.2. The molecular formula is C16H22ClNO2. The van der Waals surface area contributed by atoms with Gasteiger partial charge in [0.05, 0.1) is 13.2 Å². The van der Waals surface area contributed by atoms with Gasteiger partial charge in [-0.25, -0.2) is 0 Å². The van der Waals surface area contributed by atoms with Crippen LogP contribution < -0.4 is 10.5 Å². The molecule has 1 saturated heterocycles. The monoisotopic (exact) mass is 295 g/mol. The van der Waals surface area contributed by atoms with Crippen LogP contribution in [-0.4, -0.2) is 26.4 Å². The van der Waals surface area contributed by atoms with Crippen molar-refractivity contribution in [2.75, 3.05) is 20.3 Å². The molecule has 3 nitrogen and oxygen atoms in total. The van der Waals surface area contributed by atoms with E-state index >= 15 is 0 Å². The molecule has 1 aliphatic carbocycles. The van der Waals surface area contributed by atoms with Gasteiger partial charge in [0.1, 0.15) is 5.75 Å². The van der Waals surface area contributed by atoms with Gasteiger partial charge in [0.15, 0.2) is 0 Å². The van der Waals surface area contributed by atoms with E-state index in [2.05, 4.69) is 0 Å². The molecule has 1 saturated carbocycles. The Bertz CT molecular complexity index is 489. The van der Waals surface area contributed by atoms with Gasteiger partial charge in [-0.15, -0.1) is 0 Å². The highest BCUT2D eigenvalue weighted by atomic mass is 35.5. The van der Waals surface area contributed by atoms with E-state index < -0.39 is 0 Å². The van der Waals surface area contributed by atoms with Crippen molar-refractivity contribution in [2.45, 2.75) is 31.8 Å². The molecule has 0 bridgehead atoms. The molecule has 1 aromatic carbocycles. The highest BCUT2D eigenvalue weighted by molar-refractivity contribution is 6.30. The minimum atomic E-state index is 0.0408. The molecule has 4 heteroatoms. The molecule has 0 aromatic heterocycles. The van der Waals surface area contributed by atoms with E-state index in [1.54, 1.807) is 7.11 Å². The van der Waals surface area contributed by atoms with Crippen LogP contribution >= 0.6 is 11.6 Å². The summed E-state index contributed by atoms with van der Waals surface area (Å²) >= 11 is 6.14. The Kier molecular flexibility index (Phi) is 3.93. The largest absolute Gasteiger partial charge is 0.496 e. The molecule has 0 radical (unpaired) electrons. The van der Waals surface area contributed by atoms with Gasteiger partial charge in [0, 0.05) is 23.6 Å². The Hall–Kier alpha value is -0.770. The van der Waals surface area contributed by atoms with Crippen LogP contribution in [0.5, 0.6) is 5.75 Å². The zero-order valence-electron chi connectivity index (χ0n) is 11.9. The number of hydrogen-bond donors (Lipinski definition) is 1. The van der Waals surface area contributed by atoms with Gasteiger partial charge in [-0.1, -0.05) is 11.6 Å². The first-order valence-electron chi connectivity index (χ1n) is 7.32.